The third-order valence-electron chi connectivity index (χ3n) is 2.86. The molecule has 0 radical (unpaired) electrons. The van der Waals surface area contributed by atoms with Crippen LogP contribution in [0.4, 0.5) is 0 Å². The molecule has 0 spiro atoms. The lowest BCUT2D eigenvalue weighted by atomic mass is 10.1. The zero-order chi connectivity index (χ0) is 15.6. The summed E-state index contributed by atoms with van der Waals surface area (Å²) in [6, 6.07) is 5.17. The Morgan fingerprint density at radius 3 is 2.76 bits per heavy atom. The first-order valence-electron chi connectivity index (χ1n) is 6.26. The highest BCUT2D eigenvalue weighted by Gasteiger charge is 2.21. The van der Waals surface area contributed by atoms with Crippen LogP contribution in [0.3, 0.4) is 0 Å². The Hall–Kier alpha value is -1.14. The van der Waals surface area contributed by atoms with Gasteiger partial charge in [-0.1, -0.05) is 23.2 Å². The van der Waals surface area contributed by atoms with E-state index in [9.17, 15) is 4.79 Å². The van der Waals surface area contributed by atoms with Crippen molar-refractivity contribution in [3.8, 4) is 10.6 Å². The van der Waals surface area contributed by atoms with Crippen molar-refractivity contribution in [2.24, 2.45) is 5.73 Å². The molecule has 3 N–H and O–H groups in total. The fourth-order valence-electron chi connectivity index (χ4n) is 1.59. The quantitative estimate of drug-likeness (QED) is 0.891. The van der Waals surface area contributed by atoms with E-state index in [-0.39, 0.29) is 5.91 Å². The number of thiazole rings is 1. The van der Waals surface area contributed by atoms with E-state index in [1.54, 1.807) is 23.6 Å². The monoisotopic (exact) mass is 343 g/mol. The van der Waals surface area contributed by atoms with Crippen molar-refractivity contribution in [3.05, 3.63) is 39.3 Å². The summed E-state index contributed by atoms with van der Waals surface area (Å²) in [6.07, 6.45) is 0. The standard InChI is InChI=1S/C14H15Cl2N3OS/c1-14(2,7-17)19-12(20)11-6-21-13(18-11)9-4-3-8(15)5-10(9)16/h3-6H,7,17H2,1-2H3,(H,19,20). The van der Waals surface area contributed by atoms with Gasteiger partial charge in [-0.15, -0.1) is 11.3 Å². The Morgan fingerprint density at radius 2 is 2.14 bits per heavy atom. The van der Waals surface area contributed by atoms with Gasteiger partial charge in [0.25, 0.3) is 5.91 Å². The molecule has 1 heterocycles. The number of nitrogens with zero attached hydrogens (tertiary/aromatic N) is 1. The number of nitrogens with two attached hydrogens (primary N) is 1. The summed E-state index contributed by atoms with van der Waals surface area (Å²) in [5.74, 6) is -0.252. The van der Waals surface area contributed by atoms with Gasteiger partial charge in [0.2, 0.25) is 0 Å². The molecule has 2 aromatic rings. The van der Waals surface area contributed by atoms with Crippen LogP contribution in [0.2, 0.25) is 10.0 Å². The number of aromatic nitrogens is 1. The van der Waals surface area contributed by atoms with Crippen LogP contribution in [0.5, 0.6) is 0 Å². The molecular weight excluding hydrogens is 329 g/mol. The molecule has 0 fully saturated rings. The van der Waals surface area contributed by atoms with Crippen LogP contribution in [0, 0.1) is 0 Å². The fraction of sp³-hybridized carbons (Fsp3) is 0.286. The summed E-state index contributed by atoms with van der Waals surface area (Å²) in [4.78, 5) is 16.5. The molecule has 0 unspecified atom stereocenters. The maximum atomic E-state index is 12.1. The number of rotatable bonds is 4. The van der Waals surface area contributed by atoms with Gasteiger partial charge < -0.3 is 11.1 Å². The van der Waals surface area contributed by atoms with Gasteiger partial charge in [-0.2, -0.15) is 0 Å². The molecule has 0 saturated carbocycles. The predicted octanol–water partition coefficient (Wildman–Crippen LogP) is 3.58. The number of nitrogens with one attached hydrogen (secondary N) is 1. The van der Waals surface area contributed by atoms with Crippen molar-refractivity contribution in [2.45, 2.75) is 19.4 Å². The third-order valence-corrected chi connectivity index (χ3v) is 4.28. The van der Waals surface area contributed by atoms with Gasteiger partial charge in [0, 0.05) is 28.0 Å². The number of carbonyl (C=O) groups excluding carboxylic acids is 1. The number of benzene rings is 1. The molecule has 1 aromatic heterocycles. The first-order valence-corrected chi connectivity index (χ1v) is 7.89. The molecule has 0 aliphatic carbocycles. The summed E-state index contributed by atoms with van der Waals surface area (Å²) in [7, 11) is 0. The van der Waals surface area contributed by atoms with Crippen molar-refractivity contribution in [2.75, 3.05) is 6.54 Å². The Kier molecular flexibility index (Phi) is 4.88. The molecule has 0 aliphatic rings. The second-order valence-corrected chi connectivity index (χ2v) is 6.91. The van der Waals surface area contributed by atoms with E-state index in [4.69, 9.17) is 28.9 Å². The van der Waals surface area contributed by atoms with Gasteiger partial charge in [0.15, 0.2) is 0 Å². The second kappa shape index (κ2) is 6.32. The van der Waals surface area contributed by atoms with Crippen LogP contribution < -0.4 is 11.1 Å². The lowest BCUT2D eigenvalue weighted by molar-refractivity contribution is 0.0911. The molecule has 0 atom stereocenters. The number of amides is 1. The third kappa shape index (κ3) is 3.95. The summed E-state index contributed by atoms with van der Waals surface area (Å²) in [6.45, 7) is 4.06. The Bertz CT molecular complexity index is 670. The first kappa shape index (κ1) is 16.2. The van der Waals surface area contributed by atoms with E-state index < -0.39 is 5.54 Å². The molecule has 0 aliphatic heterocycles. The van der Waals surface area contributed by atoms with E-state index in [1.165, 1.54) is 11.3 Å². The summed E-state index contributed by atoms with van der Waals surface area (Å²) in [5.41, 5.74) is 6.23. The lowest BCUT2D eigenvalue weighted by Crippen LogP contribution is -2.48. The van der Waals surface area contributed by atoms with Gasteiger partial charge in [-0.05, 0) is 32.0 Å². The van der Waals surface area contributed by atoms with Crippen molar-refractivity contribution in [1.29, 1.82) is 0 Å². The van der Waals surface area contributed by atoms with Crippen LogP contribution in [0.1, 0.15) is 24.3 Å². The highest BCUT2D eigenvalue weighted by molar-refractivity contribution is 7.13. The molecule has 7 heteroatoms. The minimum absolute atomic E-state index is 0.252. The van der Waals surface area contributed by atoms with Gasteiger partial charge in [0.05, 0.1) is 5.02 Å². The van der Waals surface area contributed by atoms with Crippen molar-refractivity contribution >= 4 is 40.4 Å². The Labute approximate surface area is 137 Å². The van der Waals surface area contributed by atoms with Crippen LogP contribution >= 0.6 is 34.5 Å². The van der Waals surface area contributed by atoms with E-state index in [1.807, 2.05) is 13.8 Å². The van der Waals surface area contributed by atoms with Crippen molar-refractivity contribution in [1.82, 2.24) is 10.3 Å². The van der Waals surface area contributed by atoms with Crippen LogP contribution in [-0.2, 0) is 0 Å². The normalized spacial score (nSPS) is 11.5. The maximum absolute atomic E-state index is 12.1. The number of hydrogen-bond acceptors (Lipinski definition) is 4. The zero-order valence-corrected chi connectivity index (χ0v) is 13.9. The van der Waals surface area contributed by atoms with Crippen molar-refractivity contribution < 1.29 is 4.79 Å². The summed E-state index contributed by atoms with van der Waals surface area (Å²) < 4.78 is 0. The number of carbonyl (C=O) groups is 1. The highest BCUT2D eigenvalue weighted by Crippen LogP contribution is 2.32. The Balaban J connectivity index is 2.24. The average molecular weight is 344 g/mol. The minimum Gasteiger partial charge on any atom is -0.345 e. The van der Waals surface area contributed by atoms with E-state index in [2.05, 4.69) is 10.3 Å². The SMILES string of the molecule is CC(C)(CN)NC(=O)c1csc(-c2ccc(Cl)cc2Cl)n1. The van der Waals surface area contributed by atoms with Crippen LogP contribution in [-0.4, -0.2) is 23.0 Å². The van der Waals surface area contributed by atoms with Gasteiger partial charge >= 0.3 is 0 Å². The smallest absolute Gasteiger partial charge is 0.271 e. The summed E-state index contributed by atoms with van der Waals surface area (Å²) >= 11 is 13.4. The largest absolute Gasteiger partial charge is 0.345 e. The second-order valence-electron chi connectivity index (χ2n) is 5.20. The number of hydrogen-bond donors (Lipinski definition) is 2. The first-order chi connectivity index (χ1) is 9.82. The van der Waals surface area contributed by atoms with Crippen molar-refractivity contribution in [3.63, 3.8) is 0 Å². The van der Waals surface area contributed by atoms with E-state index >= 15 is 0 Å². The lowest BCUT2D eigenvalue weighted by Gasteiger charge is -2.23. The highest BCUT2D eigenvalue weighted by atomic mass is 35.5. The topological polar surface area (TPSA) is 68.0 Å². The van der Waals surface area contributed by atoms with Crippen LogP contribution in [0.25, 0.3) is 10.6 Å². The average Bonchev–Trinajstić information content (AvgIpc) is 2.88. The molecule has 1 aromatic carbocycles. The van der Waals surface area contributed by atoms with Gasteiger partial charge in [0.1, 0.15) is 10.7 Å². The fourth-order valence-corrected chi connectivity index (χ4v) is 2.98. The molecule has 2 rings (SSSR count). The van der Waals surface area contributed by atoms with Gasteiger partial charge in [-0.25, -0.2) is 4.98 Å². The van der Waals surface area contributed by atoms with E-state index in [0.717, 1.165) is 5.56 Å². The van der Waals surface area contributed by atoms with Crippen LogP contribution in [0.15, 0.2) is 23.6 Å². The molecular formula is C14H15Cl2N3OS. The number of halogens is 2. The molecule has 21 heavy (non-hydrogen) atoms. The summed E-state index contributed by atoms with van der Waals surface area (Å²) in [5, 5.41) is 6.27. The zero-order valence-electron chi connectivity index (χ0n) is 11.6. The molecule has 112 valence electrons. The minimum atomic E-state index is -0.473. The molecule has 4 nitrogen and oxygen atoms in total. The molecule has 1 amide bonds. The molecule has 0 bridgehead atoms. The maximum Gasteiger partial charge on any atom is 0.271 e. The van der Waals surface area contributed by atoms with E-state index in [0.29, 0.717) is 27.3 Å². The van der Waals surface area contributed by atoms with Gasteiger partial charge in [-0.3, -0.25) is 4.79 Å². The molecule has 0 saturated heterocycles. The Morgan fingerprint density at radius 1 is 1.43 bits per heavy atom. The predicted molar refractivity (Wildman–Crippen MR) is 88.2 cm³/mol.